The van der Waals surface area contributed by atoms with Crippen LogP contribution in [0.3, 0.4) is 0 Å². The third kappa shape index (κ3) is 6.48. The molecule has 2 aliphatic rings. The van der Waals surface area contributed by atoms with Gasteiger partial charge in [-0.1, -0.05) is 47.5 Å². The average molecular weight is 499 g/mol. The first-order valence-electron chi connectivity index (χ1n) is 12.1. The minimum Gasteiger partial charge on any atom is -0.339 e. The van der Waals surface area contributed by atoms with Crippen LogP contribution >= 0.6 is 0 Å². The van der Waals surface area contributed by atoms with Crippen molar-refractivity contribution in [3.8, 4) is 0 Å². The van der Waals surface area contributed by atoms with E-state index in [-0.39, 0.29) is 17.6 Å². The highest BCUT2D eigenvalue weighted by Crippen LogP contribution is 2.16. The maximum absolute atomic E-state index is 12.9. The van der Waals surface area contributed by atoms with Crippen LogP contribution in [0.4, 0.5) is 0 Å². The SMILES string of the molecule is Cc1cc(C)cc(C(=O)N2CCN(CC(=O)N3CCN(S(=O)(=O)Cc4ccccc4)CC3)CC2)c1. The molecule has 2 amide bonds. The zero-order valence-corrected chi connectivity index (χ0v) is 21.3. The first-order chi connectivity index (χ1) is 16.7. The Bertz CT molecular complexity index is 1130. The summed E-state index contributed by atoms with van der Waals surface area (Å²) in [7, 11) is -3.41. The van der Waals surface area contributed by atoms with Crippen LogP contribution in [-0.2, 0) is 20.6 Å². The van der Waals surface area contributed by atoms with E-state index in [0.717, 1.165) is 16.7 Å². The van der Waals surface area contributed by atoms with Crippen molar-refractivity contribution in [2.45, 2.75) is 19.6 Å². The van der Waals surface area contributed by atoms with Crippen LogP contribution in [0.1, 0.15) is 27.0 Å². The molecule has 0 radical (unpaired) electrons. The molecule has 0 N–H and O–H groups in total. The van der Waals surface area contributed by atoms with E-state index in [4.69, 9.17) is 0 Å². The first kappa shape index (κ1) is 25.3. The third-order valence-corrected chi connectivity index (χ3v) is 8.51. The maximum Gasteiger partial charge on any atom is 0.253 e. The van der Waals surface area contributed by atoms with Crippen molar-refractivity contribution in [1.82, 2.24) is 19.0 Å². The van der Waals surface area contributed by atoms with Crippen molar-refractivity contribution < 1.29 is 18.0 Å². The highest BCUT2D eigenvalue weighted by molar-refractivity contribution is 7.88. The first-order valence-corrected chi connectivity index (χ1v) is 13.7. The molecule has 0 saturated carbocycles. The number of amides is 2. The fourth-order valence-corrected chi connectivity index (χ4v) is 6.29. The van der Waals surface area contributed by atoms with E-state index in [1.165, 1.54) is 4.31 Å². The van der Waals surface area contributed by atoms with E-state index in [9.17, 15) is 18.0 Å². The standard InChI is InChI=1S/C26H34N4O4S/c1-21-16-22(2)18-24(17-21)26(32)29-10-8-27(9-11-29)19-25(31)28-12-14-30(15-13-28)35(33,34)20-23-6-4-3-5-7-23/h3-7,16-18H,8-15,19-20H2,1-2H3. The Morgan fingerprint density at radius 3 is 1.94 bits per heavy atom. The molecule has 2 heterocycles. The minimum absolute atomic E-state index is 0.0131. The van der Waals surface area contributed by atoms with Gasteiger partial charge in [-0.25, -0.2) is 8.42 Å². The maximum atomic E-state index is 12.9. The Morgan fingerprint density at radius 2 is 1.34 bits per heavy atom. The number of carbonyl (C=O) groups excluding carboxylic acids is 2. The van der Waals surface area contributed by atoms with Crippen LogP contribution in [0.2, 0.25) is 0 Å². The minimum atomic E-state index is -3.41. The molecule has 2 fully saturated rings. The van der Waals surface area contributed by atoms with Crippen LogP contribution < -0.4 is 0 Å². The summed E-state index contributed by atoms with van der Waals surface area (Å²) in [6.07, 6.45) is 0. The summed E-state index contributed by atoms with van der Waals surface area (Å²) in [5, 5.41) is 0. The van der Waals surface area contributed by atoms with Crippen molar-refractivity contribution >= 4 is 21.8 Å². The van der Waals surface area contributed by atoms with Gasteiger partial charge in [0.2, 0.25) is 15.9 Å². The fraction of sp³-hybridized carbons (Fsp3) is 0.462. The lowest BCUT2D eigenvalue weighted by Gasteiger charge is -2.37. The Kier molecular flexibility index (Phi) is 7.88. The van der Waals surface area contributed by atoms with Crippen molar-refractivity contribution in [3.63, 3.8) is 0 Å². The lowest BCUT2D eigenvalue weighted by molar-refractivity contribution is -0.133. The second kappa shape index (κ2) is 10.9. The molecule has 0 bridgehead atoms. The van der Waals surface area contributed by atoms with Crippen LogP contribution in [0.15, 0.2) is 48.5 Å². The molecule has 9 heteroatoms. The largest absolute Gasteiger partial charge is 0.339 e. The zero-order valence-electron chi connectivity index (χ0n) is 20.5. The number of piperazine rings is 2. The van der Waals surface area contributed by atoms with Gasteiger partial charge in [0.1, 0.15) is 0 Å². The Morgan fingerprint density at radius 1 is 0.771 bits per heavy atom. The topological polar surface area (TPSA) is 81.2 Å². The number of hydrogen-bond donors (Lipinski definition) is 0. The average Bonchev–Trinajstić information content (AvgIpc) is 2.84. The second-order valence-electron chi connectivity index (χ2n) is 9.47. The van der Waals surface area contributed by atoms with Crippen molar-refractivity contribution in [1.29, 1.82) is 0 Å². The molecular weight excluding hydrogens is 464 g/mol. The van der Waals surface area contributed by atoms with Gasteiger partial charge in [0.15, 0.2) is 0 Å². The number of nitrogens with zero attached hydrogens (tertiary/aromatic N) is 4. The highest BCUT2D eigenvalue weighted by Gasteiger charge is 2.30. The van der Waals surface area contributed by atoms with E-state index >= 15 is 0 Å². The summed E-state index contributed by atoms with van der Waals surface area (Å²) >= 11 is 0. The normalized spacial score (nSPS) is 18.0. The summed E-state index contributed by atoms with van der Waals surface area (Å²) in [5.74, 6) is 0.0298. The van der Waals surface area contributed by atoms with Gasteiger partial charge in [-0.05, 0) is 31.5 Å². The molecule has 188 valence electrons. The molecule has 2 aliphatic heterocycles. The number of benzene rings is 2. The zero-order chi connectivity index (χ0) is 25.0. The smallest absolute Gasteiger partial charge is 0.253 e. The van der Waals surface area contributed by atoms with Gasteiger partial charge in [0.05, 0.1) is 12.3 Å². The molecule has 0 unspecified atom stereocenters. The monoisotopic (exact) mass is 498 g/mol. The van der Waals surface area contributed by atoms with Crippen molar-refractivity contribution in [3.05, 3.63) is 70.8 Å². The van der Waals surface area contributed by atoms with Gasteiger partial charge in [0.25, 0.3) is 5.91 Å². The lowest BCUT2D eigenvalue weighted by Crippen LogP contribution is -2.55. The van der Waals surface area contributed by atoms with E-state index in [1.807, 2.05) is 61.2 Å². The van der Waals surface area contributed by atoms with Gasteiger partial charge in [0, 0.05) is 57.9 Å². The third-order valence-electron chi connectivity index (χ3n) is 6.66. The van der Waals surface area contributed by atoms with E-state index < -0.39 is 10.0 Å². The van der Waals surface area contributed by atoms with Crippen LogP contribution in [0.25, 0.3) is 0 Å². The van der Waals surface area contributed by atoms with Crippen LogP contribution in [-0.4, -0.2) is 98.1 Å². The predicted molar refractivity (Wildman–Crippen MR) is 135 cm³/mol. The molecule has 4 rings (SSSR count). The summed E-state index contributed by atoms with van der Waals surface area (Å²) in [4.78, 5) is 31.4. The molecule has 2 aromatic carbocycles. The van der Waals surface area contributed by atoms with Crippen LogP contribution in [0, 0.1) is 13.8 Å². The number of aryl methyl sites for hydroxylation is 2. The molecule has 2 saturated heterocycles. The van der Waals surface area contributed by atoms with Crippen LogP contribution in [0.5, 0.6) is 0 Å². The van der Waals surface area contributed by atoms with Gasteiger partial charge >= 0.3 is 0 Å². The number of sulfonamides is 1. The van der Waals surface area contributed by atoms with Gasteiger partial charge in [-0.2, -0.15) is 4.31 Å². The van der Waals surface area contributed by atoms with E-state index in [2.05, 4.69) is 11.0 Å². The van der Waals surface area contributed by atoms with E-state index in [0.29, 0.717) is 64.5 Å². The Hall–Kier alpha value is -2.75. The van der Waals surface area contributed by atoms with E-state index in [1.54, 1.807) is 4.90 Å². The Labute approximate surface area is 208 Å². The lowest BCUT2D eigenvalue weighted by atomic mass is 10.1. The molecule has 0 atom stereocenters. The molecule has 2 aromatic rings. The molecule has 0 aliphatic carbocycles. The summed E-state index contributed by atoms with van der Waals surface area (Å²) in [6, 6.07) is 15.1. The van der Waals surface area contributed by atoms with Gasteiger partial charge in [-0.3, -0.25) is 14.5 Å². The van der Waals surface area contributed by atoms with Crippen molar-refractivity contribution in [2.75, 3.05) is 58.9 Å². The fourth-order valence-electron chi connectivity index (χ4n) is 4.77. The summed E-state index contributed by atoms with van der Waals surface area (Å²) in [6.45, 7) is 8.19. The number of rotatable bonds is 6. The quantitative estimate of drug-likeness (QED) is 0.606. The van der Waals surface area contributed by atoms with Crippen molar-refractivity contribution in [2.24, 2.45) is 0 Å². The van der Waals surface area contributed by atoms with Gasteiger partial charge < -0.3 is 9.80 Å². The van der Waals surface area contributed by atoms with Gasteiger partial charge in [-0.15, -0.1) is 0 Å². The summed E-state index contributed by atoms with van der Waals surface area (Å²) in [5.41, 5.74) is 3.63. The molecular formula is C26H34N4O4S. The highest BCUT2D eigenvalue weighted by atomic mass is 32.2. The molecule has 0 aromatic heterocycles. The Balaban J connectivity index is 1.23. The number of carbonyl (C=O) groups is 2. The molecule has 35 heavy (non-hydrogen) atoms. The number of hydrogen-bond acceptors (Lipinski definition) is 5. The molecule has 8 nitrogen and oxygen atoms in total. The molecule has 0 spiro atoms. The summed E-state index contributed by atoms with van der Waals surface area (Å²) < 4.78 is 27.0. The second-order valence-corrected chi connectivity index (χ2v) is 11.4. The predicted octanol–water partition coefficient (Wildman–Crippen LogP) is 1.74.